The van der Waals surface area contributed by atoms with Gasteiger partial charge < -0.3 is 4.74 Å². The van der Waals surface area contributed by atoms with Crippen molar-refractivity contribution in [2.45, 2.75) is 37.2 Å². The van der Waals surface area contributed by atoms with E-state index in [0.717, 1.165) is 41.3 Å². The van der Waals surface area contributed by atoms with Crippen LogP contribution in [0.25, 0.3) is 11.1 Å². The molecule has 180 valence electrons. The molecule has 0 heterocycles. The van der Waals surface area contributed by atoms with Gasteiger partial charge in [0.15, 0.2) is 0 Å². The molecule has 0 unspecified atom stereocenters. The quantitative estimate of drug-likeness (QED) is 0.164. The van der Waals surface area contributed by atoms with E-state index in [1.165, 1.54) is 11.6 Å². The summed E-state index contributed by atoms with van der Waals surface area (Å²) in [7, 11) is -4.43. The molecule has 0 atom stereocenters. The molecule has 0 radical (unpaired) electrons. The number of hydrogen-bond donors (Lipinski definition) is 1. The van der Waals surface area contributed by atoms with Crippen LogP contribution in [0.5, 0.6) is 5.75 Å². The Morgan fingerprint density at radius 1 is 0.686 bits per heavy atom. The van der Waals surface area contributed by atoms with Crippen molar-refractivity contribution in [1.29, 1.82) is 0 Å². The van der Waals surface area contributed by atoms with Gasteiger partial charge in [0.1, 0.15) is 17.3 Å². The van der Waals surface area contributed by atoms with Crippen LogP contribution in [0, 0.1) is 0 Å². The number of hydrogen-bond acceptors (Lipinski definition) is 3. The van der Waals surface area contributed by atoms with E-state index in [1.807, 2.05) is 72.8 Å². The molecule has 0 saturated heterocycles. The highest BCUT2D eigenvalue weighted by Gasteiger charge is 2.20. The van der Waals surface area contributed by atoms with E-state index in [4.69, 9.17) is 4.74 Å². The molecule has 4 rings (SSSR count). The van der Waals surface area contributed by atoms with Crippen molar-refractivity contribution in [2.24, 2.45) is 0 Å². The lowest BCUT2D eigenvalue weighted by Gasteiger charge is -2.16. The van der Waals surface area contributed by atoms with Gasteiger partial charge in [0.05, 0.1) is 0 Å². The van der Waals surface area contributed by atoms with Crippen LogP contribution in [0.4, 0.5) is 0 Å². The molecular formula is C29H27BrO4S. The second kappa shape index (κ2) is 11.7. The highest BCUT2D eigenvalue weighted by molar-refractivity contribution is 9.10. The van der Waals surface area contributed by atoms with Gasteiger partial charge in [-0.2, -0.15) is 8.42 Å². The number of ether oxygens (including phenoxy) is 1. The van der Waals surface area contributed by atoms with Crippen LogP contribution < -0.4 is 4.74 Å². The van der Waals surface area contributed by atoms with Gasteiger partial charge in [0, 0.05) is 15.6 Å². The normalized spacial score (nSPS) is 11.4. The number of halogens is 1. The van der Waals surface area contributed by atoms with E-state index in [-0.39, 0.29) is 4.90 Å². The molecule has 0 amide bonds. The van der Waals surface area contributed by atoms with Crippen LogP contribution in [0.15, 0.2) is 106 Å². The Balaban J connectivity index is 1.60. The van der Waals surface area contributed by atoms with Crippen molar-refractivity contribution in [2.75, 3.05) is 0 Å². The summed E-state index contributed by atoms with van der Waals surface area (Å²) >= 11 is 3.49. The van der Waals surface area contributed by atoms with E-state index in [9.17, 15) is 13.0 Å². The minimum Gasteiger partial charge on any atom is -0.488 e. The summed E-state index contributed by atoms with van der Waals surface area (Å²) in [6.45, 7) is 0.343. The Labute approximate surface area is 215 Å². The van der Waals surface area contributed by atoms with E-state index in [2.05, 4.69) is 28.1 Å². The van der Waals surface area contributed by atoms with E-state index < -0.39 is 10.1 Å². The second-order valence-corrected chi connectivity index (χ2v) is 10.7. The van der Waals surface area contributed by atoms with Crippen LogP contribution in [-0.4, -0.2) is 13.0 Å². The third-order valence-electron chi connectivity index (χ3n) is 5.81. The third-order valence-corrected chi connectivity index (χ3v) is 7.22. The third kappa shape index (κ3) is 7.04. The lowest BCUT2D eigenvalue weighted by atomic mass is 9.98. The van der Waals surface area contributed by atoms with Crippen LogP contribution in [-0.2, 0) is 29.6 Å². The van der Waals surface area contributed by atoms with Crippen LogP contribution in [0.2, 0.25) is 0 Å². The molecule has 4 aromatic rings. The molecule has 35 heavy (non-hydrogen) atoms. The highest BCUT2D eigenvalue weighted by Crippen LogP contribution is 2.37. The summed E-state index contributed by atoms with van der Waals surface area (Å²) < 4.78 is 41.3. The first-order valence-corrected chi connectivity index (χ1v) is 13.7. The summed E-state index contributed by atoms with van der Waals surface area (Å²) in [5.41, 5.74) is 4.36. The van der Waals surface area contributed by atoms with Crippen molar-refractivity contribution in [3.8, 4) is 16.9 Å². The topological polar surface area (TPSA) is 63.6 Å². The molecule has 1 N–H and O–H groups in total. The maximum Gasteiger partial charge on any atom is 0.295 e. The zero-order valence-electron chi connectivity index (χ0n) is 19.2. The largest absolute Gasteiger partial charge is 0.488 e. The lowest BCUT2D eigenvalue weighted by molar-refractivity contribution is 0.307. The Morgan fingerprint density at radius 2 is 1.31 bits per heavy atom. The number of benzene rings is 4. The number of aryl methyl sites for hydroxylation is 2. The van der Waals surface area contributed by atoms with Gasteiger partial charge in [-0.15, -0.1) is 0 Å². The molecule has 0 spiro atoms. The first kappa shape index (κ1) is 25.2. The minimum atomic E-state index is -4.43. The fourth-order valence-electron chi connectivity index (χ4n) is 4.04. The molecule has 0 bridgehead atoms. The molecular weight excluding hydrogens is 524 g/mol. The molecule has 0 saturated carbocycles. The molecule has 0 aromatic heterocycles. The Bertz CT molecular complexity index is 1370. The summed E-state index contributed by atoms with van der Waals surface area (Å²) in [5.74, 6) is 0.545. The van der Waals surface area contributed by atoms with Gasteiger partial charge in [-0.1, -0.05) is 82.7 Å². The van der Waals surface area contributed by atoms with Crippen molar-refractivity contribution < 1.29 is 17.7 Å². The average Bonchev–Trinajstić information content (AvgIpc) is 2.86. The lowest BCUT2D eigenvalue weighted by Crippen LogP contribution is -2.04. The first-order valence-electron chi connectivity index (χ1n) is 11.5. The smallest absolute Gasteiger partial charge is 0.295 e. The number of unbranched alkanes of at least 4 members (excludes halogenated alkanes) is 1. The van der Waals surface area contributed by atoms with Crippen molar-refractivity contribution in [3.63, 3.8) is 0 Å². The zero-order chi connectivity index (χ0) is 24.7. The van der Waals surface area contributed by atoms with E-state index in [0.29, 0.717) is 23.5 Å². The zero-order valence-corrected chi connectivity index (χ0v) is 21.6. The van der Waals surface area contributed by atoms with Gasteiger partial charge in [-0.25, -0.2) is 0 Å². The molecule has 4 aromatic carbocycles. The predicted octanol–water partition coefficient (Wildman–Crippen LogP) is 7.51. The molecule has 6 heteroatoms. The average molecular weight is 552 g/mol. The van der Waals surface area contributed by atoms with Crippen molar-refractivity contribution in [1.82, 2.24) is 0 Å². The maximum absolute atomic E-state index is 12.2. The van der Waals surface area contributed by atoms with E-state index >= 15 is 0 Å². The van der Waals surface area contributed by atoms with Gasteiger partial charge in [0.2, 0.25) is 0 Å². The van der Waals surface area contributed by atoms with Crippen LogP contribution in [0.3, 0.4) is 0 Å². The second-order valence-electron chi connectivity index (χ2n) is 8.41. The van der Waals surface area contributed by atoms with Crippen molar-refractivity contribution in [3.05, 3.63) is 118 Å². The Morgan fingerprint density at radius 3 is 1.97 bits per heavy atom. The highest BCUT2D eigenvalue weighted by atomic mass is 79.9. The standard InChI is InChI=1S/C29H27BrO4S/c30-25-16-17-28(34-21-24-13-5-2-6-14-24)26(20-25)27-19-23(15-18-29(27)35(31,32)33)12-8-7-11-22-9-3-1-4-10-22/h1-6,9-10,13-20H,7-8,11-12,21H2,(H,31,32,33). The predicted molar refractivity (Wildman–Crippen MR) is 143 cm³/mol. The SMILES string of the molecule is O=S(=O)(O)c1ccc(CCCCc2ccccc2)cc1-c1cc(Br)ccc1OCc1ccccc1. The molecule has 4 nitrogen and oxygen atoms in total. The van der Waals surface area contributed by atoms with Gasteiger partial charge >= 0.3 is 0 Å². The summed E-state index contributed by atoms with van der Waals surface area (Å²) in [6, 6.07) is 30.7. The Hall–Kier alpha value is -2.93. The van der Waals surface area contributed by atoms with Crippen LogP contribution >= 0.6 is 15.9 Å². The first-order chi connectivity index (χ1) is 16.9. The summed E-state index contributed by atoms with van der Waals surface area (Å²) in [6.07, 6.45) is 3.80. The monoisotopic (exact) mass is 550 g/mol. The van der Waals surface area contributed by atoms with Crippen LogP contribution in [0.1, 0.15) is 29.5 Å². The number of rotatable bonds is 10. The molecule has 0 aliphatic rings. The summed E-state index contributed by atoms with van der Waals surface area (Å²) in [4.78, 5) is -0.131. The van der Waals surface area contributed by atoms with Gasteiger partial charge in [-0.3, -0.25) is 4.55 Å². The maximum atomic E-state index is 12.2. The summed E-state index contributed by atoms with van der Waals surface area (Å²) in [5, 5.41) is 0. The fourth-order valence-corrected chi connectivity index (χ4v) is 5.09. The Kier molecular flexibility index (Phi) is 8.39. The molecule has 0 aliphatic heterocycles. The van der Waals surface area contributed by atoms with E-state index in [1.54, 1.807) is 6.07 Å². The van der Waals surface area contributed by atoms with Gasteiger partial charge in [-0.05, 0) is 72.7 Å². The fraction of sp³-hybridized carbons (Fsp3) is 0.172. The van der Waals surface area contributed by atoms with Crippen molar-refractivity contribution >= 4 is 26.0 Å². The minimum absolute atomic E-state index is 0.131. The van der Waals surface area contributed by atoms with Gasteiger partial charge in [0.25, 0.3) is 10.1 Å². The molecule has 0 aliphatic carbocycles. The molecule has 0 fully saturated rings.